The van der Waals surface area contributed by atoms with Crippen LogP contribution in [0.5, 0.6) is 0 Å². The fraction of sp³-hybridized carbons (Fsp3) is 0.389. The van der Waals surface area contributed by atoms with E-state index in [1.165, 1.54) is 22.3 Å². The number of thioether (sulfide) groups is 1. The number of hydrogen-bond donors (Lipinski definition) is 1. The third-order valence-electron chi connectivity index (χ3n) is 3.74. The molecule has 2 rings (SSSR count). The van der Waals surface area contributed by atoms with Crippen molar-refractivity contribution < 1.29 is 0 Å². The summed E-state index contributed by atoms with van der Waals surface area (Å²) in [4.78, 5) is 5.14. The molecule has 3 heteroatoms. The lowest BCUT2D eigenvalue weighted by atomic mass is 9.84. The zero-order chi connectivity index (χ0) is 15.6. The number of nitrogen functional groups attached to an aromatic ring is 1. The maximum atomic E-state index is 5.96. The summed E-state index contributed by atoms with van der Waals surface area (Å²) in [7, 11) is 0. The van der Waals surface area contributed by atoms with Crippen LogP contribution in [0.4, 0.5) is 5.69 Å². The third kappa shape index (κ3) is 3.79. The molecule has 0 atom stereocenters. The first-order chi connectivity index (χ1) is 9.79. The number of aryl methyl sites for hydroxylation is 2. The summed E-state index contributed by atoms with van der Waals surface area (Å²) in [6.07, 6.45) is 3.51. The molecule has 0 fully saturated rings. The molecule has 0 bridgehead atoms. The largest absolute Gasteiger partial charge is 0.397 e. The molecule has 0 radical (unpaired) electrons. The number of benzene rings is 1. The van der Waals surface area contributed by atoms with Crippen molar-refractivity contribution >= 4 is 17.4 Å². The number of rotatable bonds is 3. The van der Waals surface area contributed by atoms with Gasteiger partial charge in [-0.2, -0.15) is 0 Å². The molecular formula is C18H24N2S. The molecule has 1 aromatic carbocycles. The molecule has 0 aliphatic rings. The SMILES string of the molecule is Cc1cc(C(C)(C)C)cc(C)c1CSc1ccncc1N. The second-order valence-corrected chi connectivity index (χ2v) is 7.56. The minimum absolute atomic E-state index is 0.191. The van der Waals surface area contributed by atoms with E-state index in [0.717, 1.165) is 16.3 Å². The van der Waals surface area contributed by atoms with E-state index in [1.807, 2.05) is 6.07 Å². The summed E-state index contributed by atoms with van der Waals surface area (Å²) in [5, 5.41) is 0. The minimum Gasteiger partial charge on any atom is -0.397 e. The first-order valence-corrected chi connectivity index (χ1v) is 8.20. The van der Waals surface area contributed by atoms with Crippen molar-refractivity contribution in [3.63, 3.8) is 0 Å². The van der Waals surface area contributed by atoms with Crippen LogP contribution in [0.3, 0.4) is 0 Å². The van der Waals surface area contributed by atoms with E-state index >= 15 is 0 Å². The number of anilines is 1. The van der Waals surface area contributed by atoms with Crippen LogP contribution < -0.4 is 5.73 Å². The lowest BCUT2D eigenvalue weighted by Gasteiger charge is -2.22. The minimum atomic E-state index is 0.191. The van der Waals surface area contributed by atoms with Gasteiger partial charge >= 0.3 is 0 Å². The lowest BCUT2D eigenvalue weighted by molar-refractivity contribution is 0.589. The van der Waals surface area contributed by atoms with E-state index in [0.29, 0.717) is 0 Å². The molecule has 2 N–H and O–H groups in total. The van der Waals surface area contributed by atoms with Gasteiger partial charge in [-0.25, -0.2) is 0 Å². The Hall–Kier alpha value is -1.48. The summed E-state index contributed by atoms with van der Waals surface area (Å²) < 4.78 is 0. The van der Waals surface area contributed by atoms with Crippen molar-refractivity contribution in [2.24, 2.45) is 0 Å². The molecular weight excluding hydrogens is 276 g/mol. The van der Waals surface area contributed by atoms with Gasteiger partial charge in [0, 0.05) is 16.8 Å². The maximum Gasteiger partial charge on any atom is 0.0638 e. The Bertz CT molecular complexity index is 619. The zero-order valence-corrected chi connectivity index (χ0v) is 14.3. The van der Waals surface area contributed by atoms with Crippen molar-refractivity contribution in [1.82, 2.24) is 4.98 Å². The molecule has 21 heavy (non-hydrogen) atoms. The molecule has 0 aliphatic heterocycles. The van der Waals surface area contributed by atoms with E-state index in [1.54, 1.807) is 24.2 Å². The number of hydrogen-bond acceptors (Lipinski definition) is 3. The van der Waals surface area contributed by atoms with Crippen LogP contribution in [0.25, 0.3) is 0 Å². The van der Waals surface area contributed by atoms with Gasteiger partial charge in [-0.15, -0.1) is 11.8 Å². The fourth-order valence-corrected chi connectivity index (χ4v) is 3.46. The topological polar surface area (TPSA) is 38.9 Å². The van der Waals surface area contributed by atoms with Crippen molar-refractivity contribution in [2.75, 3.05) is 5.73 Å². The van der Waals surface area contributed by atoms with Crippen molar-refractivity contribution in [2.45, 2.75) is 50.7 Å². The highest BCUT2D eigenvalue weighted by atomic mass is 32.2. The average Bonchev–Trinajstić information content (AvgIpc) is 2.38. The number of pyridine rings is 1. The first-order valence-electron chi connectivity index (χ1n) is 7.22. The van der Waals surface area contributed by atoms with Gasteiger partial charge in [0.1, 0.15) is 0 Å². The van der Waals surface area contributed by atoms with Gasteiger partial charge in [0.25, 0.3) is 0 Å². The molecule has 0 saturated carbocycles. The standard InChI is InChI=1S/C18H24N2S/c1-12-8-14(18(3,4)5)9-13(2)15(12)11-21-17-6-7-20-10-16(17)19/h6-10H,11,19H2,1-5H3. The van der Waals surface area contributed by atoms with Crippen LogP contribution in [0.1, 0.15) is 43.0 Å². The van der Waals surface area contributed by atoms with Crippen molar-refractivity contribution in [3.05, 3.63) is 52.8 Å². The summed E-state index contributed by atoms with van der Waals surface area (Å²) in [6.45, 7) is 11.2. The second kappa shape index (κ2) is 6.10. The molecule has 112 valence electrons. The summed E-state index contributed by atoms with van der Waals surface area (Å²) in [6, 6.07) is 6.62. The van der Waals surface area contributed by atoms with E-state index in [2.05, 4.69) is 51.7 Å². The van der Waals surface area contributed by atoms with Crippen LogP contribution in [0.15, 0.2) is 35.5 Å². The summed E-state index contributed by atoms with van der Waals surface area (Å²) in [5.41, 5.74) is 12.4. The highest BCUT2D eigenvalue weighted by Crippen LogP contribution is 2.32. The van der Waals surface area contributed by atoms with Gasteiger partial charge in [-0.3, -0.25) is 4.98 Å². The van der Waals surface area contributed by atoms with Gasteiger partial charge in [-0.1, -0.05) is 32.9 Å². The van der Waals surface area contributed by atoms with Gasteiger partial charge in [0.15, 0.2) is 0 Å². The van der Waals surface area contributed by atoms with Gasteiger partial charge in [-0.05, 0) is 47.6 Å². The summed E-state index contributed by atoms with van der Waals surface area (Å²) in [5.74, 6) is 0.941. The zero-order valence-electron chi connectivity index (χ0n) is 13.5. The van der Waals surface area contributed by atoms with Gasteiger partial charge < -0.3 is 5.73 Å². The quantitative estimate of drug-likeness (QED) is 0.822. The first kappa shape index (κ1) is 15.9. The molecule has 1 heterocycles. The van der Waals surface area contributed by atoms with Gasteiger partial charge in [0.2, 0.25) is 0 Å². The number of nitrogens with two attached hydrogens (primary N) is 1. The maximum absolute atomic E-state index is 5.96. The molecule has 0 unspecified atom stereocenters. The van der Waals surface area contributed by atoms with Gasteiger partial charge in [0.05, 0.1) is 11.9 Å². The highest BCUT2D eigenvalue weighted by Gasteiger charge is 2.16. The van der Waals surface area contributed by atoms with Crippen LogP contribution in [-0.2, 0) is 11.2 Å². The van der Waals surface area contributed by atoms with Crippen LogP contribution in [0.2, 0.25) is 0 Å². The smallest absolute Gasteiger partial charge is 0.0638 e. The molecule has 1 aromatic heterocycles. The van der Waals surface area contributed by atoms with Crippen LogP contribution in [-0.4, -0.2) is 4.98 Å². The second-order valence-electron chi connectivity index (χ2n) is 6.54. The highest BCUT2D eigenvalue weighted by molar-refractivity contribution is 7.98. The Morgan fingerprint density at radius 1 is 1.14 bits per heavy atom. The molecule has 2 aromatic rings. The molecule has 0 aliphatic carbocycles. The number of aromatic nitrogens is 1. The van der Waals surface area contributed by atoms with E-state index in [-0.39, 0.29) is 5.41 Å². The Labute approximate surface area is 132 Å². The molecule has 0 amide bonds. The Kier molecular flexibility index (Phi) is 4.62. The normalized spacial score (nSPS) is 11.7. The fourth-order valence-electron chi connectivity index (χ4n) is 2.33. The van der Waals surface area contributed by atoms with E-state index in [9.17, 15) is 0 Å². The third-order valence-corrected chi connectivity index (χ3v) is 4.86. The number of nitrogens with zero attached hydrogens (tertiary/aromatic N) is 1. The van der Waals surface area contributed by atoms with Crippen LogP contribution >= 0.6 is 11.8 Å². The lowest BCUT2D eigenvalue weighted by Crippen LogP contribution is -2.12. The van der Waals surface area contributed by atoms with Crippen molar-refractivity contribution in [1.29, 1.82) is 0 Å². The monoisotopic (exact) mass is 300 g/mol. The van der Waals surface area contributed by atoms with E-state index in [4.69, 9.17) is 5.73 Å². The Morgan fingerprint density at radius 2 is 1.76 bits per heavy atom. The predicted molar refractivity (Wildman–Crippen MR) is 92.8 cm³/mol. The van der Waals surface area contributed by atoms with E-state index < -0.39 is 0 Å². The molecule has 0 saturated heterocycles. The molecule has 2 nitrogen and oxygen atoms in total. The Morgan fingerprint density at radius 3 is 2.29 bits per heavy atom. The average molecular weight is 300 g/mol. The Balaban J connectivity index is 2.24. The predicted octanol–water partition coefficient (Wildman–Crippen LogP) is 4.87. The molecule has 0 spiro atoms. The summed E-state index contributed by atoms with van der Waals surface area (Å²) >= 11 is 1.78. The van der Waals surface area contributed by atoms with Crippen molar-refractivity contribution in [3.8, 4) is 0 Å². The van der Waals surface area contributed by atoms with Crippen LogP contribution in [0, 0.1) is 13.8 Å².